The van der Waals surface area contributed by atoms with Crippen LogP contribution in [0.25, 0.3) is 0 Å². The number of benzene rings is 3. The van der Waals surface area contributed by atoms with Gasteiger partial charge in [0.2, 0.25) is 0 Å². The highest BCUT2D eigenvalue weighted by Gasteiger charge is 2.33. The first-order valence-corrected chi connectivity index (χ1v) is 13.9. The minimum absolute atomic E-state index is 0.0218. The highest BCUT2D eigenvalue weighted by Crippen LogP contribution is 2.31. The van der Waals surface area contributed by atoms with Crippen molar-refractivity contribution < 1.29 is 19.4 Å². The van der Waals surface area contributed by atoms with Crippen LogP contribution in [0, 0.1) is 5.92 Å². The van der Waals surface area contributed by atoms with Crippen molar-refractivity contribution in [1.29, 1.82) is 0 Å². The Morgan fingerprint density at radius 3 is 2.49 bits per heavy atom. The van der Waals surface area contributed by atoms with Crippen molar-refractivity contribution in [3.63, 3.8) is 0 Å². The van der Waals surface area contributed by atoms with Gasteiger partial charge in [-0.1, -0.05) is 31.2 Å². The maximum Gasteiger partial charge on any atom is 0.258 e. The number of carbonyl (C=O) groups excluding carboxylic acids is 2. The van der Waals surface area contributed by atoms with Crippen molar-refractivity contribution in [1.82, 2.24) is 9.80 Å². The van der Waals surface area contributed by atoms with E-state index in [0.717, 1.165) is 11.3 Å². The number of hydrogen-bond donors (Lipinski definition) is 3. The van der Waals surface area contributed by atoms with Gasteiger partial charge in [-0.3, -0.25) is 14.5 Å². The number of rotatable bonds is 9. The molecule has 4 rings (SSSR count). The molecule has 9 nitrogen and oxygen atoms in total. The number of aliphatic hydroxyl groups is 1. The van der Waals surface area contributed by atoms with Crippen molar-refractivity contribution in [2.75, 3.05) is 56.8 Å². The molecule has 1 heterocycles. The van der Waals surface area contributed by atoms with Crippen LogP contribution in [-0.2, 0) is 6.54 Å². The van der Waals surface area contributed by atoms with Gasteiger partial charge in [-0.25, -0.2) is 0 Å². The minimum Gasteiger partial charge on any atom is -0.488 e. The van der Waals surface area contributed by atoms with Crippen LogP contribution >= 0.6 is 0 Å². The van der Waals surface area contributed by atoms with Crippen molar-refractivity contribution in [2.24, 2.45) is 5.92 Å². The average Bonchev–Trinajstić information content (AvgIpc) is 2.95. The van der Waals surface area contributed by atoms with Gasteiger partial charge < -0.3 is 30.7 Å². The van der Waals surface area contributed by atoms with Crippen molar-refractivity contribution in [3.8, 4) is 5.75 Å². The molecule has 3 aromatic rings. The van der Waals surface area contributed by atoms with E-state index in [1.54, 1.807) is 17.0 Å². The fraction of sp³-hybridized carbons (Fsp3) is 0.375. The standard InChI is InChI=1S/C32H41N5O4/c1-21-17-37(22(2)20-38)32(40)26-16-25(35(3)4)14-15-29(26)41-30(21)19-36(5)18-23-10-12-24(13-11-23)31(39)34-28-9-7-6-8-27(28)33/h6-16,21-22,30,38H,17-20,33H2,1-5H3,(H,34,39)/t21-,22-,30+/m1/s1. The molecule has 0 radical (unpaired) electrons. The van der Waals surface area contributed by atoms with Crippen molar-refractivity contribution >= 4 is 28.9 Å². The highest BCUT2D eigenvalue weighted by atomic mass is 16.5. The number of hydrogen-bond acceptors (Lipinski definition) is 7. The Morgan fingerprint density at radius 2 is 1.83 bits per heavy atom. The average molecular weight is 560 g/mol. The second-order valence-electron chi connectivity index (χ2n) is 11.1. The first-order chi connectivity index (χ1) is 19.6. The third-order valence-corrected chi connectivity index (χ3v) is 7.53. The summed E-state index contributed by atoms with van der Waals surface area (Å²) >= 11 is 0. The molecule has 3 aromatic carbocycles. The summed E-state index contributed by atoms with van der Waals surface area (Å²) in [6, 6.07) is 20.0. The third kappa shape index (κ3) is 7.17. The number of fused-ring (bicyclic) bond motifs is 1. The molecule has 9 heteroatoms. The molecule has 0 saturated carbocycles. The van der Waals surface area contributed by atoms with Crippen LogP contribution in [-0.4, -0.2) is 79.7 Å². The van der Waals surface area contributed by atoms with Crippen LogP contribution in [0.15, 0.2) is 66.7 Å². The zero-order chi connectivity index (χ0) is 29.7. The molecule has 218 valence electrons. The Bertz CT molecular complexity index is 1360. The van der Waals surface area contributed by atoms with Crippen LogP contribution in [0.4, 0.5) is 17.1 Å². The van der Waals surface area contributed by atoms with E-state index < -0.39 is 0 Å². The Balaban J connectivity index is 1.47. The Morgan fingerprint density at radius 1 is 1.12 bits per heavy atom. The van der Waals surface area contributed by atoms with Crippen LogP contribution in [0.5, 0.6) is 5.75 Å². The summed E-state index contributed by atoms with van der Waals surface area (Å²) in [5.41, 5.74) is 10.1. The first-order valence-electron chi connectivity index (χ1n) is 13.9. The molecular weight excluding hydrogens is 518 g/mol. The maximum atomic E-state index is 13.5. The van der Waals surface area contributed by atoms with Gasteiger partial charge in [0.1, 0.15) is 11.9 Å². The molecule has 4 N–H and O–H groups in total. The summed E-state index contributed by atoms with van der Waals surface area (Å²) in [7, 11) is 5.90. The smallest absolute Gasteiger partial charge is 0.258 e. The molecular formula is C32H41N5O4. The molecule has 0 aromatic heterocycles. The summed E-state index contributed by atoms with van der Waals surface area (Å²) < 4.78 is 6.51. The molecule has 3 atom stereocenters. The van der Waals surface area contributed by atoms with E-state index in [1.165, 1.54) is 0 Å². The fourth-order valence-corrected chi connectivity index (χ4v) is 4.96. The van der Waals surface area contributed by atoms with Gasteiger partial charge in [-0.05, 0) is 62.0 Å². The number of amides is 2. The monoisotopic (exact) mass is 559 g/mol. The lowest BCUT2D eigenvalue weighted by Gasteiger charge is -2.38. The van der Waals surface area contributed by atoms with E-state index in [4.69, 9.17) is 10.5 Å². The van der Waals surface area contributed by atoms with Crippen LogP contribution < -0.4 is 20.7 Å². The van der Waals surface area contributed by atoms with Crippen LogP contribution in [0.3, 0.4) is 0 Å². The SMILES string of the molecule is C[C@@H]1CN([C@H](C)CO)C(=O)c2cc(N(C)C)ccc2O[C@H]1CN(C)Cc1ccc(C(=O)Nc2ccccc2N)cc1. The first kappa shape index (κ1) is 29.9. The minimum atomic E-state index is -0.314. The number of aliphatic hydroxyl groups excluding tert-OH is 1. The molecule has 0 spiro atoms. The van der Waals surface area contributed by atoms with Gasteiger partial charge in [0.15, 0.2) is 0 Å². The number of ether oxygens (including phenoxy) is 1. The van der Waals surface area contributed by atoms with E-state index in [-0.39, 0.29) is 36.5 Å². The number of anilines is 3. The number of nitrogens with one attached hydrogen (secondary N) is 1. The van der Waals surface area contributed by atoms with Crippen molar-refractivity contribution in [2.45, 2.75) is 32.5 Å². The van der Waals surface area contributed by atoms with Gasteiger partial charge in [0.25, 0.3) is 11.8 Å². The zero-order valence-electron chi connectivity index (χ0n) is 24.5. The largest absolute Gasteiger partial charge is 0.488 e. The number of nitrogens with two attached hydrogens (primary N) is 1. The van der Waals surface area contributed by atoms with Gasteiger partial charge in [-0.15, -0.1) is 0 Å². The lowest BCUT2D eigenvalue weighted by molar-refractivity contribution is 0.0341. The number of likely N-dealkylation sites (N-methyl/N-ethyl adjacent to an activating group) is 1. The normalized spacial score (nSPS) is 17.7. The molecule has 1 aliphatic heterocycles. The van der Waals surface area contributed by atoms with E-state index in [9.17, 15) is 14.7 Å². The van der Waals surface area contributed by atoms with Crippen molar-refractivity contribution in [3.05, 3.63) is 83.4 Å². The molecule has 1 aliphatic rings. The van der Waals surface area contributed by atoms with Gasteiger partial charge in [0, 0.05) is 50.9 Å². The number of para-hydroxylation sites is 2. The molecule has 0 bridgehead atoms. The maximum absolute atomic E-state index is 13.5. The Hall–Kier alpha value is -4.08. The van der Waals surface area contributed by atoms with E-state index in [0.29, 0.717) is 47.9 Å². The van der Waals surface area contributed by atoms with E-state index in [1.807, 2.05) is 87.6 Å². The van der Waals surface area contributed by atoms with E-state index in [2.05, 4.69) is 17.1 Å². The summed E-state index contributed by atoms with van der Waals surface area (Å²) in [6.45, 7) is 5.58. The fourth-order valence-electron chi connectivity index (χ4n) is 4.96. The molecule has 0 unspecified atom stereocenters. The number of carbonyl (C=O) groups is 2. The lowest BCUT2D eigenvalue weighted by atomic mass is 9.99. The Labute approximate surface area is 242 Å². The van der Waals surface area contributed by atoms with Gasteiger partial charge >= 0.3 is 0 Å². The second-order valence-corrected chi connectivity index (χ2v) is 11.1. The molecule has 2 amide bonds. The predicted octanol–water partition coefficient (Wildman–Crippen LogP) is 3.94. The third-order valence-electron chi connectivity index (χ3n) is 7.53. The molecule has 0 aliphatic carbocycles. The van der Waals surface area contributed by atoms with Gasteiger partial charge in [-0.2, -0.15) is 0 Å². The van der Waals surface area contributed by atoms with Crippen LogP contribution in [0.2, 0.25) is 0 Å². The second kappa shape index (κ2) is 13.1. The molecule has 41 heavy (non-hydrogen) atoms. The number of nitrogen functional groups attached to an aromatic ring is 1. The summed E-state index contributed by atoms with van der Waals surface area (Å²) in [5.74, 6) is 0.221. The van der Waals surface area contributed by atoms with Gasteiger partial charge in [0.05, 0.1) is 29.6 Å². The highest BCUT2D eigenvalue weighted by molar-refractivity contribution is 6.05. The predicted molar refractivity (Wildman–Crippen MR) is 164 cm³/mol. The van der Waals surface area contributed by atoms with E-state index >= 15 is 0 Å². The topological polar surface area (TPSA) is 111 Å². The Kier molecular flexibility index (Phi) is 9.52. The lowest BCUT2D eigenvalue weighted by Crippen LogP contribution is -2.49. The summed E-state index contributed by atoms with van der Waals surface area (Å²) in [6.07, 6.45) is -0.188. The zero-order valence-corrected chi connectivity index (χ0v) is 24.5. The number of nitrogens with zero attached hydrogens (tertiary/aromatic N) is 3. The quantitative estimate of drug-likeness (QED) is 0.341. The van der Waals surface area contributed by atoms with Crippen LogP contribution in [0.1, 0.15) is 40.1 Å². The molecule has 0 fully saturated rings. The molecule has 0 saturated heterocycles. The summed E-state index contributed by atoms with van der Waals surface area (Å²) in [5, 5.41) is 12.7. The summed E-state index contributed by atoms with van der Waals surface area (Å²) in [4.78, 5) is 32.1.